The van der Waals surface area contributed by atoms with Gasteiger partial charge in [-0.15, -0.1) is 0 Å². The zero-order chi connectivity index (χ0) is 18.1. The molecule has 0 aliphatic carbocycles. The summed E-state index contributed by atoms with van der Waals surface area (Å²) in [6, 6.07) is 13.8. The van der Waals surface area contributed by atoms with Gasteiger partial charge in [-0.05, 0) is 35.9 Å². The number of methoxy groups -OCH3 is 2. The Kier molecular flexibility index (Phi) is 6.59. The van der Waals surface area contributed by atoms with Crippen LogP contribution in [0.3, 0.4) is 0 Å². The Morgan fingerprint density at radius 1 is 1.00 bits per heavy atom. The number of ether oxygens (including phenoxy) is 4. The predicted octanol–water partition coefficient (Wildman–Crippen LogP) is 2.87. The van der Waals surface area contributed by atoms with Gasteiger partial charge in [0.25, 0.3) is 0 Å². The maximum Gasteiger partial charge on any atom is 0.343 e. The van der Waals surface area contributed by atoms with Gasteiger partial charge in [-0.2, -0.15) is 0 Å². The van der Waals surface area contributed by atoms with Crippen LogP contribution in [0, 0.1) is 0 Å². The van der Waals surface area contributed by atoms with Gasteiger partial charge >= 0.3 is 11.9 Å². The van der Waals surface area contributed by atoms with Crippen molar-refractivity contribution in [2.24, 2.45) is 0 Å². The SMILES string of the molecule is COC(=O)COc1ccc(C=CC(=O)Oc2ccccc2)cc1OC. The minimum atomic E-state index is -0.491. The molecule has 0 heterocycles. The molecular formula is C19H18O6. The smallest absolute Gasteiger partial charge is 0.343 e. The molecule has 0 unspecified atom stereocenters. The standard InChI is InChI=1S/C19H18O6/c1-22-17-12-14(8-10-16(17)24-13-19(21)23-2)9-11-18(20)25-15-6-4-3-5-7-15/h3-12H,13H2,1-2H3. The van der Waals surface area contributed by atoms with Gasteiger partial charge in [0.2, 0.25) is 0 Å². The quantitative estimate of drug-likeness (QED) is 0.438. The number of carbonyl (C=O) groups is 2. The maximum atomic E-state index is 11.8. The second-order valence-electron chi connectivity index (χ2n) is 4.84. The number of benzene rings is 2. The second kappa shape index (κ2) is 9.12. The lowest BCUT2D eigenvalue weighted by Gasteiger charge is -2.10. The molecule has 0 saturated carbocycles. The molecule has 0 aliphatic heterocycles. The summed E-state index contributed by atoms with van der Waals surface area (Å²) in [7, 11) is 2.77. The molecule has 6 nitrogen and oxygen atoms in total. The fraction of sp³-hybridized carbons (Fsp3) is 0.158. The van der Waals surface area contributed by atoms with E-state index < -0.39 is 11.9 Å². The molecule has 0 atom stereocenters. The lowest BCUT2D eigenvalue weighted by atomic mass is 10.2. The van der Waals surface area contributed by atoms with E-state index >= 15 is 0 Å². The zero-order valence-electron chi connectivity index (χ0n) is 13.9. The van der Waals surface area contributed by atoms with Crippen LogP contribution in [0.5, 0.6) is 17.2 Å². The summed E-state index contributed by atoms with van der Waals surface area (Å²) in [5, 5.41) is 0. The summed E-state index contributed by atoms with van der Waals surface area (Å²) >= 11 is 0. The van der Waals surface area contributed by atoms with Gasteiger partial charge in [-0.3, -0.25) is 0 Å². The molecule has 0 bridgehead atoms. The zero-order valence-corrected chi connectivity index (χ0v) is 13.9. The van der Waals surface area contributed by atoms with Crippen LogP contribution in [0.25, 0.3) is 6.08 Å². The molecule has 0 radical (unpaired) electrons. The molecule has 0 aliphatic rings. The van der Waals surface area contributed by atoms with Crippen molar-refractivity contribution in [3.63, 3.8) is 0 Å². The summed E-state index contributed by atoms with van der Waals surface area (Å²) in [5.74, 6) is 0.326. The third-order valence-corrected chi connectivity index (χ3v) is 3.13. The van der Waals surface area contributed by atoms with Crippen LogP contribution in [0.1, 0.15) is 5.56 Å². The molecule has 0 aromatic heterocycles. The molecule has 2 aromatic rings. The number of para-hydroxylation sites is 1. The van der Waals surface area contributed by atoms with Crippen LogP contribution in [0.4, 0.5) is 0 Å². The van der Waals surface area contributed by atoms with Gasteiger partial charge in [0, 0.05) is 6.08 Å². The molecule has 0 amide bonds. The number of esters is 2. The van der Waals surface area contributed by atoms with Crippen molar-refractivity contribution in [2.45, 2.75) is 0 Å². The van der Waals surface area contributed by atoms with E-state index in [9.17, 15) is 9.59 Å². The van der Waals surface area contributed by atoms with Crippen molar-refractivity contribution < 1.29 is 28.5 Å². The van der Waals surface area contributed by atoms with E-state index in [1.165, 1.54) is 20.3 Å². The highest BCUT2D eigenvalue weighted by Crippen LogP contribution is 2.28. The van der Waals surface area contributed by atoms with Crippen molar-refractivity contribution in [2.75, 3.05) is 20.8 Å². The summed E-state index contributed by atoms with van der Waals surface area (Å²) in [5.41, 5.74) is 0.715. The van der Waals surface area contributed by atoms with Gasteiger partial charge in [0.15, 0.2) is 18.1 Å². The van der Waals surface area contributed by atoms with Crippen molar-refractivity contribution in [3.8, 4) is 17.2 Å². The first-order chi connectivity index (χ1) is 12.1. The number of rotatable bonds is 7. The van der Waals surface area contributed by atoms with Crippen molar-refractivity contribution >= 4 is 18.0 Å². The van der Waals surface area contributed by atoms with E-state index in [4.69, 9.17) is 14.2 Å². The summed E-state index contributed by atoms with van der Waals surface area (Å²) in [6.45, 7) is -0.217. The van der Waals surface area contributed by atoms with E-state index in [-0.39, 0.29) is 6.61 Å². The van der Waals surface area contributed by atoms with E-state index in [2.05, 4.69) is 4.74 Å². The first kappa shape index (κ1) is 18.1. The van der Waals surface area contributed by atoms with Crippen molar-refractivity contribution in [1.82, 2.24) is 0 Å². The third-order valence-electron chi connectivity index (χ3n) is 3.13. The normalized spacial score (nSPS) is 10.3. The lowest BCUT2D eigenvalue weighted by molar-refractivity contribution is -0.143. The molecule has 25 heavy (non-hydrogen) atoms. The third kappa shape index (κ3) is 5.69. The largest absolute Gasteiger partial charge is 0.493 e. The Hall–Kier alpha value is -3.28. The van der Waals surface area contributed by atoms with Gasteiger partial charge in [-0.1, -0.05) is 24.3 Å². The summed E-state index contributed by atoms with van der Waals surface area (Å²) in [4.78, 5) is 22.9. The lowest BCUT2D eigenvalue weighted by Crippen LogP contribution is -2.12. The molecular weight excluding hydrogens is 324 g/mol. The van der Waals surface area contributed by atoms with Crippen LogP contribution in [0.2, 0.25) is 0 Å². The van der Waals surface area contributed by atoms with Crippen LogP contribution < -0.4 is 14.2 Å². The fourth-order valence-electron chi connectivity index (χ4n) is 1.91. The fourth-order valence-corrected chi connectivity index (χ4v) is 1.91. The summed E-state index contributed by atoms with van der Waals surface area (Å²) in [6.07, 6.45) is 2.91. The highest BCUT2D eigenvalue weighted by Gasteiger charge is 2.08. The Balaban J connectivity index is 2.01. The van der Waals surface area contributed by atoms with Gasteiger partial charge < -0.3 is 18.9 Å². The second-order valence-corrected chi connectivity index (χ2v) is 4.84. The van der Waals surface area contributed by atoms with Gasteiger partial charge in [0.05, 0.1) is 14.2 Å². The van der Waals surface area contributed by atoms with E-state index in [1.54, 1.807) is 48.5 Å². The number of hydrogen-bond acceptors (Lipinski definition) is 6. The van der Waals surface area contributed by atoms with E-state index in [1.807, 2.05) is 6.07 Å². The molecule has 2 aromatic carbocycles. The molecule has 0 N–H and O–H groups in total. The topological polar surface area (TPSA) is 71.1 Å². The molecule has 0 spiro atoms. The first-order valence-corrected chi connectivity index (χ1v) is 7.45. The maximum absolute atomic E-state index is 11.8. The van der Waals surface area contributed by atoms with Crippen LogP contribution >= 0.6 is 0 Å². The molecule has 0 fully saturated rings. The van der Waals surface area contributed by atoms with Crippen molar-refractivity contribution in [1.29, 1.82) is 0 Å². The van der Waals surface area contributed by atoms with Gasteiger partial charge in [-0.25, -0.2) is 9.59 Å². The number of carbonyl (C=O) groups excluding carboxylic acids is 2. The molecule has 0 saturated heterocycles. The molecule has 6 heteroatoms. The predicted molar refractivity (Wildman–Crippen MR) is 91.6 cm³/mol. The minimum absolute atomic E-state index is 0.217. The van der Waals surface area contributed by atoms with Crippen molar-refractivity contribution in [3.05, 3.63) is 60.2 Å². The van der Waals surface area contributed by atoms with E-state index in [0.717, 1.165) is 0 Å². The van der Waals surface area contributed by atoms with Crippen LogP contribution in [0.15, 0.2) is 54.6 Å². The first-order valence-electron chi connectivity index (χ1n) is 7.45. The Labute approximate surface area is 145 Å². The molecule has 130 valence electrons. The Morgan fingerprint density at radius 2 is 1.76 bits per heavy atom. The average Bonchev–Trinajstić information content (AvgIpc) is 2.65. The monoisotopic (exact) mass is 342 g/mol. The minimum Gasteiger partial charge on any atom is -0.493 e. The molecule has 2 rings (SSSR count). The van der Waals surface area contributed by atoms with Gasteiger partial charge in [0.1, 0.15) is 5.75 Å². The summed E-state index contributed by atoms with van der Waals surface area (Å²) < 4.78 is 20.2. The van der Waals surface area contributed by atoms with E-state index in [0.29, 0.717) is 22.8 Å². The highest BCUT2D eigenvalue weighted by molar-refractivity contribution is 5.88. The van der Waals surface area contributed by atoms with Crippen LogP contribution in [-0.4, -0.2) is 32.8 Å². The highest BCUT2D eigenvalue weighted by atomic mass is 16.6. The number of hydrogen-bond donors (Lipinski definition) is 0. The Bertz CT molecular complexity index is 752. The average molecular weight is 342 g/mol. The van der Waals surface area contributed by atoms with Crippen LogP contribution in [-0.2, 0) is 14.3 Å². The Morgan fingerprint density at radius 3 is 2.44 bits per heavy atom.